The number of aliphatic hydroxyl groups is 1. The Morgan fingerprint density at radius 1 is 1.21 bits per heavy atom. The van der Waals surface area contributed by atoms with Crippen molar-refractivity contribution in [1.82, 2.24) is 29.7 Å². The number of fused-ring (bicyclic) bond motifs is 1. The summed E-state index contributed by atoms with van der Waals surface area (Å²) in [7, 11) is 1.90. The van der Waals surface area contributed by atoms with Gasteiger partial charge in [-0.3, -0.25) is 0 Å². The number of rotatable bonds is 6. The van der Waals surface area contributed by atoms with Crippen LogP contribution in [-0.2, 0) is 7.05 Å². The summed E-state index contributed by atoms with van der Waals surface area (Å²) in [5.41, 5.74) is 2.56. The number of aryl methyl sites for hydroxylation is 2. The summed E-state index contributed by atoms with van der Waals surface area (Å²) < 4.78 is 7.73. The van der Waals surface area contributed by atoms with Gasteiger partial charge in [-0.2, -0.15) is 0 Å². The lowest BCUT2D eigenvalue weighted by molar-refractivity contribution is 0.0307. The van der Waals surface area contributed by atoms with Crippen LogP contribution in [0.4, 0.5) is 17.5 Å². The van der Waals surface area contributed by atoms with Gasteiger partial charge < -0.3 is 24.6 Å². The average molecular weight is 447 g/mol. The molecule has 10 heteroatoms. The number of pyridine rings is 1. The molecule has 1 saturated heterocycles. The first-order chi connectivity index (χ1) is 15.8. The highest BCUT2D eigenvalue weighted by molar-refractivity contribution is 5.90. The summed E-state index contributed by atoms with van der Waals surface area (Å²) >= 11 is 0. The van der Waals surface area contributed by atoms with Crippen LogP contribution in [0.25, 0.3) is 22.3 Å². The van der Waals surface area contributed by atoms with Gasteiger partial charge in [-0.05, 0) is 45.0 Å². The summed E-state index contributed by atoms with van der Waals surface area (Å²) in [4.78, 5) is 16.0. The van der Waals surface area contributed by atoms with Crippen LogP contribution in [0, 0.1) is 6.92 Å². The molecule has 0 saturated carbocycles. The third-order valence-electron chi connectivity index (χ3n) is 5.54. The second kappa shape index (κ2) is 7.96. The van der Waals surface area contributed by atoms with E-state index in [2.05, 4.69) is 25.5 Å². The van der Waals surface area contributed by atoms with Crippen molar-refractivity contribution in [3.8, 4) is 17.1 Å². The first kappa shape index (κ1) is 21.1. The van der Waals surface area contributed by atoms with Gasteiger partial charge in [0.25, 0.3) is 0 Å². The summed E-state index contributed by atoms with van der Waals surface area (Å²) in [5, 5.41) is 22.5. The molecule has 5 rings (SSSR count). The fourth-order valence-electron chi connectivity index (χ4n) is 4.06. The number of aromatic nitrogens is 6. The predicted octanol–water partition coefficient (Wildman–Crippen LogP) is 2.84. The molecule has 0 bridgehead atoms. The predicted molar refractivity (Wildman–Crippen MR) is 126 cm³/mol. The molecule has 1 aliphatic heterocycles. The Morgan fingerprint density at radius 3 is 2.73 bits per heavy atom. The topological polar surface area (TPSA) is 114 Å². The number of hydrogen-bond donors (Lipinski definition) is 2. The minimum Gasteiger partial charge on any atom is -0.492 e. The quantitative estimate of drug-likeness (QED) is 0.461. The van der Waals surface area contributed by atoms with Crippen molar-refractivity contribution in [2.45, 2.75) is 26.4 Å². The van der Waals surface area contributed by atoms with Crippen LogP contribution in [0.2, 0.25) is 0 Å². The van der Waals surface area contributed by atoms with Crippen LogP contribution in [0.1, 0.15) is 19.5 Å². The highest BCUT2D eigenvalue weighted by atomic mass is 16.5. The van der Waals surface area contributed by atoms with Crippen LogP contribution >= 0.6 is 0 Å². The van der Waals surface area contributed by atoms with E-state index in [1.807, 2.05) is 61.6 Å². The van der Waals surface area contributed by atoms with Crippen molar-refractivity contribution in [1.29, 1.82) is 0 Å². The number of ether oxygens (including phenoxy) is 1. The average Bonchev–Trinajstić information content (AvgIpc) is 3.19. The minimum atomic E-state index is -0.706. The molecule has 2 N–H and O–H groups in total. The Morgan fingerprint density at radius 2 is 2.03 bits per heavy atom. The standard InChI is InChI=1S/C23H26N8O2/c1-5-33-18-9-15(20-29-25-13-30(20)4)6-7-17(18)27-22-24-10-16-8-14(2)26-21(19(16)28-22)31-11-23(3,32)12-31/h6-10,13,32H,5,11-12H2,1-4H3,(H,24,27,28). The van der Waals surface area contributed by atoms with E-state index < -0.39 is 5.60 Å². The van der Waals surface area contributed by atoms with E-state index in [-0.39, 0.29) is 0 Å². The lowest BCUT2D eigenvalue weighted by atomic mass is 9.97. The van der Waals surface area contributed by atoms with Gasteiger partial charge in [0.05, 0.1) is 17.9 Å². The van der Waals surface area contributed by atoms with Gasteiger partial charge in [-0.1, -0.05) is 0 Å². The molecule has 1 aliphatic rings. The van der Waals surface area contributed by atoms with Gasteiger partial charge in [0.15, 0.2) is 11.6 Å². The maximum Gasteiger partial charge on any atom is 0.227 e. The van der Waals surface area contributed by atoms with Crippen LogP contribution in [-0.4, -0.2) is 60.1 Å². The maximum atomic E-state index is 10.2. The first-order valence-corrected chi connectivity index (χ1v) is 10.8. The van der Waals surface area contributed by atoms with E-state index >= 15 is 0 Å². The molecule has 0 amide bonds. The molecular weight excluding hydrogens is 420 g/mol. The van der Waals surface area contributed by atoms with Crippen molar-refractivity contribution in [3.63, 3.8) is 0 Å². The molecule has 0 atom stereocenters. The smallest absolute Gasteiger partial charge is 0.227 e. The summed E-state index contributed by atoms with van der Waals surface area (Å²) in [6, 6.07) is 7.76. The summed E-state index contributed by atoms with van der Waals surface area (Å²) in [5.74, 6) is 2.61. The van der Waals surface area contributed by atoms with Crippen molar-refractivity contribution in [2.75, 3.05) is 29.9 Å². The molecule has 0 unspecified atom stereocenters. The molecular formula is C23H26N8O2. The second-order valence-electron chi connectivity index (χ2n) is 8.61. The van der Waals surface area contributed by atoms with Gasteiger partial charge in [0.1, 0.15) is 17.6 Å². The normalized spacial score (nSPS) is 14.9. The highest BCUT2D eigenvalue weighted by Gasteiger charge is 2.38. The van der Waals surface area contributed by atoms with E-state index in [4.69, 9.17) is 9.72 Å². The molecule has 4 heterocycles. The van der Waals surface area contributed by atoms with E-state index in [1.54, 1.807) is 12.5 Å². The monoisotopic (exact) mass is 446 g/mol. The molecule has 0 aliphatic carbocycles. The number of hydrogen-bond acceptors (Lipinski definition) is 9. The zero-order valence-corrected chi connectivity index (χ0v) is 19.1. The van der Waals surface area contributed by atoms with Gasteiger partial charge in [0, 0.05) is 43.0 Å². The molecule has 10 nitrogen and oxygen atoms in total. The number of β-amino-alcohol motifs (C(OH)–C–C–N with tert-alkyl or cyclic N) is 1. The third kappa shape index (κ3) is 4.05. The molecule has 0 spiro atoms. The molecule has 170 valence electrons. The van der Waals surface area contributed by atoms with Crippen LogP contribution in [0.15, 0.2) is 36.8 Å². The number of anilines is 3. The van der Waals surface area contributed by atoms with Crippen molar-refractivity contribution in [2.24, 2.45) is 7.05 Å². The number of nitrogens with one attached hydrogen (secondary N) is 1. The molecule has 1 aromatic carbocycles. The van der Waals surface area contributed by atoms with Gasteiger partial charge >= 0.3 is 0 Å². The van der Waals surface area contributed by atoms with Gasteiger partial charge in [-0.15, -0.1) is 10.2 Å². The summed E-state index contributed by atoms with van der Waals surface area (Å²) in [6.45, 7) is 7.25. The Kier molecular flexibility index (Phi) is 5.09. The van der Waals surface area contributed by atoms with Gasteiger partial charge in [0.2, 0.25) is 5.95 Å². The second-order valence-corrected chi connectivity index (χ2v) is 8.61. The lowest BCUT2D eigenvalue weighted by Crippen LogP contribution is -2.60. The van der Waals surface area contributed by atoms with E-state index in [9.17, 15) is 5.11 Å². The molecule has 33 heavy (non-hydrogen) atoms. The molecule has 1 fully saturated rings. The lowest BCUT2D eigenvalue weighted by Gasteiger charge is -2.45. The van der Waals surface area contributed by atoms with E-state index in [1.165, 1.54) is 0 Å². The Hall–Kier alpha value is -3.79. The third-order valence-corrected chi connectivity index (χ3v) is 5.54. The van der Waals surface area contributed by atoms with Crippen molar-refractivity contribution < 1.29 is 9.84 Å². The Bertz CT molecular complexity index is 1330. The van der Waals surface area contributed by atoms with Gasteiger partial charge in [-0.25, -0.2) is 15.0 Å². The van der Waals surface area contributed by atoms with Crippen LogP contribution in [0.5, 0.6) is 5.75 Å². The fraction of sp³-hybridized carbons (Fsp3) is 0.348. The van der Waals surface area contributed by atoms with Crippen molar-refractivity contribution in [3.05, 3.63) is 42.5 Å². The van der Waals surface area contributed by atoms with Crippen LogP contribution in [0.3, 0.4) is 0 Å². The zero-order chi connectivity index (χ0) is 23.2. The number of nitrogens with zero attached hydrogens (tertiary/aromatic N) is 7. The Balaban J connectivity index is 1.50. The molecule has 3 aromatic heterocycles. The SMILES string of the molecule is CCOc1cc(-c2nncn2C)ccc1Nc1ncc2cc(C)nc(N3CC(C)(O)C3)c2n1. The largest absolute Gasteiger partial charge is 0.492 e. The molecule has 0 radical (unpaired) electrons. The number of benzene rings is 1. The molecule has 4 aromatic rings. The zero-order valence-electron chi connectivity index (χ0n) is 19.1. The Labute approximate surface area is 191 Å². The van der Waals surface area contributed by atoms with E-state index in [0.29, 0.717) is 31.4 Å². The van der Waals surface area contributed by atoms with E-state index in [0.717, 1.165) is 39.5 Å². The summed E-state index contributed by atoms with van der Waals surface area (Å²) in [6.07, 6.45) is 3.45. The fourth-order valence-corrected chi connectivity index (χ4v) is 4.06. The van der Waals surface area contributed by atoms with Crippen LogP contribution < -0.4 is 15.0 Å². The minimum absolute atomic E-state index is 0.439. The maximum absolute atomic E-state index is 10.2. The highest BCUT2D eigenvalue weighted by Crippen LogP contribution is 2.34. The first-order valence-electron chi connectivity index (χ1n) is 10.8. The van der Waals surface area contributed by atoms with Crippen molar-refractivity contribution >= 4 is 28.4 Å².